The molecule has 0 amide bonds. The highest BCUT2D eigenvalue weighted by Gasteiger charge is 2.07. The number of hydrogen-bond donors (Lipinski definition) is 1. The molecule has 2 heterocycles. The van der Waals surface area contributed by atoms with Gasteiger partial charge in [-0.1, -0.05) is 19.9 Å². The van der Waals surface area contributed by atoms with Crippen molar-refractivity contribution >= 4 is 5.57 Å². The van der Waals surface area contributed by atoms with Crippen LogP contribution < -0.4 is 5.32 Å². The maximum Gasteiger partial charge on any atom is 0.130 e. The normalized spacial score (nSPS) is 16.6. The molecule has 0 fully saturated rings. The monoisotopic (exact) mass is 203 g/mol. The maximum atomic E-state index is 4.38. The van der Waals surface area contributed by atoms with E-state index in [1.54, 1.807) is 0 Å². The first-order chi connectivity index (χ1) is 7.27. The molecule has 2 rings (SSSR count). The average molecular weight is 203 g/mol. The first-order valence-corrected chi connectivity index (χ1v) is 5.49. The van der Waals surface area contributed by atoms with E-state index < -0.39 is 0 Å². The summed E-state index contributed by atoms with van der Waals surface area (Å²) in [4.78, 5) is 8.76. The van der Waals surface area contributed by atoms with Gasteiger partial charge in [-0.15, -0.1) is 0 Å². The van der Waals surface area contributed by atoms with Gasteiger partial charge in [-0.2, -0.15) is 0 Å². The number of nitrogens with one attached hydrogen (secondary N) is 1. The molecule has 0 radical (unpaired) electrons. The Kier molecular flexibility index (Phi) is 3.11. The lowest BCUT2D eigenvalue weighted by atomic mass is 10.0. The lowest BCUT2D eigenvalue weighted by Gasteiger charge is -2.14. The second-order valence-corrected chi connectivity index (χ2v) is 4.17. The minimum absolute atomic E-state index is 0.404. The highest BCUT2D eigenvalue weighted by atomic mass is 14.9. The standard InChI is InChI=1S/C12H17N3/c1-9(2)12-14-7-11(8-15-12)10-3-5-13-6-4-10/h3,7-9,13H,4-6H2,1-2H3. The zero-order valence-corrected chi connectivity index (χ0v) is 9.33. The molecule has 1 aromatic rings. The third-order valence-corrected chi connectivity index (χ3v) is 2.62. The number of hydrogen-bond acceptors (Lipinski definition) is 3. The van der Waals surface area contributed by atoms with Crippen LogP contribution in [-0.2, 0) is 0 Å². The zero-order chi connectivity index (χ0) is 10.7. The fourth-order valence-electron chi connectivity index (χ4n) is 1.69. The lowest BCUT2D eigenvalue weighted by Crippen LogP contribution is -2.20. The molecule has 3 heteroatoms. The van der Waals surface area contributed by atoms with Gasteiger partial charge >= 0.3 is 0 Å². The topological polar surface area (TPSA) is 37.8 Å². The number of aromatic nitrogens is 2. The van der Waals surface area contributed by atoms with E-state index in [-0.39, 0.29) is 0 Å². The van der Waals surface area contributed by atoms with E-state index in [4.69, 9.17) is 0 Å². The molecule has 0 aliphatic carbocycles. The van der Waals surface area contributed by atoms with Gasteiger partial charge in [0, 0.05) is 30.4 Å². The summed E-state index contributed by atoms with van der Waals surface area (Å²) < 4.78 is 0. The average Bonchev–Trinajstić information content (AvgIpc) is 2.30. The molecule has 0 unspecified atom stereocenters. The van der Waals surface area contributed by atoms with Gasteiger partial charge in [0.15, 0.2) is 0 Å². The molecule has 1 aliphatic heterocycles. The molecule has 15 heavy (non-hydrogen) atoms. The minimum atomic E-state index is 0.404. The lowest BCUT2D eigenvalue weighted by molar-refractivity contribution is 0.735. The summed E-state index contributed by atoms with van der Waals surface area (Å²) >= 11 is 0. The molecule has 0 bridgehead atoms. The van der Waals surface area contributed by atoms with Gasteiger partial charge in [0.25, 0.3) is 0 Å². The first kappa shape index (κ1) is 10.3. The van der Waals surface area contributed by atoms with Crippen LogP contribution in [0.15, 0.2) is 18.5 Å². The summed E-state index contributed by atoms with van der Waals surface area (Å²) in [5.41, 5.74) is 2.53. The molecule has 3 nitrogen and oxygen atoms in total. The van der Waals surface area contributed by atoms with Gasteiger partial charge in [0.2, 0.25) is 0 Å². The quantitative estimate of drug-likeness (QED) is 0.798. The Balaban J connectivity index is 2.19. The van der Waals surface area contributed by atoms with Crippen LogP contribution in [-0.4, -0.2) is 23.1 Å². The van der Waals surface area contributed by atoms with Crippen molar-refractivity contribution in [3.8, 4) is 0 Å². The molecule has 1 aliphatic rings. The van der Waals surface area contributed by atoms with Crippen LogP contribution in [0.4, 0.5) is 0 Å². The van der Waals surface area contributed by atoms with Crippen LogP contribution in [0, 0.1) is 0 Å². The van der Waals surface area contributed by atoms with Gasteiger partial charge in [-0.3, -0.25) is 0 Å². The predicted octanol–water partition coefficient (Wildman–Crippen LogP) is 1.98. The summed E-state index contributed by atoms with van der Waals surface area (Å²) in [6.07, 6.45) is 7.18. The van der Waals surface area contributed by atoms with Crippen LogP contribution in [0.1, 0.15) is 37.6 Å². The van der Waals surface area contributed by atoms with Crippen molar-refractivity contribution in [1.82, 2.24) is 15.3 Å². The molecule has 0 atom stereocenters. The van der Waals surface area contributed by atoms with E-state index in [9.17, 15) is 0 Å². The summed E-state index contributed by atoms with van der Waals surface area (Å²) in [6.45, 7) is 6.23. The van der Waals surface area contributed by atoms with Crippen molar-refractivity contribution in [3.63, 3.8) is 0 Å². The van der Waals surface area contributed by atoms with Crippen LogP contribution in [0.3, 0.4) is 0 Å². The first-order valence-electron chi connectivity index (χ1n) is 5.49. The number of nitrogens with zero attached hydrogens (tertiary/aromatic N) is 2. The minimum Gasteiger partial charge on any atom is -0.313 e. The Morgan fingerprint density at radius 3 is 2.53 bits per heavy atom. The maximum absolute atomic E-state index is 4.38. The van der Waals surface area contributed by atoms with E-state index >= 15 is 0 Å². The SMILES string of the molecule is CC(C)c1ncc(C2=CCNCC2)cn1. The fraction of sp³-hybridized carbons (Fsp3) is 0.500. The van der Waals surface area contributed by atoms with Crippen molar-refractivity contribution < 1.29 is 0 Å². The molecule has 1 aromatic heterocycles. The zero-order valence-electron chi connectivity index (χ0n) is 9.33. The van der Waals surface area contributed by atoms with E-state index in [0.717, 1.165) is 25.3 Å². The van der Waals surface area contributed by atoms with Crippen molar-refractivity contribution in [2.75, 3.05) is 13.1 Å². The van der Waals surface area contributed by atoms with Gasteiger partial charge in [0.1, 0.15) is 5.82 Å². The largest absolute Gasteiger partial charge is 0.313 e. The highest BCUT2D eigenvalue weighted by Crippen LogP contribution is 2.18. The molecule has 80 valence electrons. The van der Waals surface area contributed by atoms with E-state index in [1.165, 1.54) is 11.1 Å². The van der Waals surface area contributed by atoms with E-state index in [1.807, 2.05) is 12.4 Å². The fourth-order valence-corrected chi connectivity index (χ4v) is 1.69. The Labute approximate surface area is 90.6 Å². The van der Waals surface area contributed by atoms with Crippen LogP contribution in [0.25, 0.3) is 5.57 Å². The van der Waals surface area contributed by atoms with Crippen LogP contribution in [0.5, 0.6) is 0 Å². The van der Waals surface area contributed by atoms with Crippen LogP contribution >= 0.6 is 0 Å². The number of rotatable bonds is 2. The van der Waals surface area contributed by atoms with Gasteiger partial charge < -0.3 is 5.32 Å². The van der Waals surface area contributed by atoms with Gasteiger partial charge in [-0.05, 0) is 18.5 Å². The van der Waals surface area contributed by atoms with Crippen molar-refractivity contribution in [2.45, 2.75) is 26.2 Å². The summed E-state index contributed by atoms with van der Waals surface area (Å²) in [5.74, 6) is 1.33. The Bertz CT molecular complexity index is 352. The molecular formula is C12H17N3. The smallest absolute Gasteiger partial charge is 0.130 e. The van der Waals surface area contributed by atoms with Gasteiger partial charge in [0.05, 0.1) is 0 Å². The van der Waals surface area contributed by atoms with Crippen molar-refractivity contribution in [2.24, 2.45) is 0 Å². The third kappa shape index (κ3) is 2.42. The predicted molar refractivity (Wildman–Crippen MR) is 61.6 cm³/mol. The second-order valence-electron chi connectivity index (χ2n) is 4.17. The Morgan fingerprint density at radius 2 is 2.00 bits per heavy atom. The summed E-state index contributed by atoms with van der Waals surface area (Å²) in [7, 11) is 0. The molecule has 1 N–H and O–H groups in total. The van der Waals surface area contributed by atoms with Crippen LogP contribution in [0.2, 0.25) is 0 Å². The molecule has 0 saturated carbocycles. The van der Waals surface area contributed by atoms with Crippen molar-refractivity contribution in [3.05, 3.63) is 29.9 Å². The summed E-state index contributed by atoms with van der Waals surface area (Å²) in [5, 5.41) is 3.30. The van der Waals surface area contributed by atoms with Crippen molar-refractivity contribution in [1.29, 1.82) is 0 Å². The Hall–Kier alpha value is -1.22. The molecule has 0 aromatic carbocycles. The second kappa shape index (κ2) is 4.53. The molecule has 0 spiro atoms. The van der Waals surface area contributed by atoms with E-state index in [2.05, 4.69) is 35.2 Å². The third-order valence-electron chi connectivity index (χ3n) is 2.62. The molecule has 0 saturated heterocycles. The molecular weight excluding hydrogens is 186 g/mol. The summed E-state index contributed by atoms with van der Waals surface area (Å²) in [6, 6.07) is 0. The Morgan fingerprint density at radius 1 is 1.27 bits per heavy atom. The van der Waals surface area contributed by atoms with Gasteiger partial charge in [-0.25, -0.2) is 9.97 Å². The highest BCUT2D eigenvalue weighted by molar-refractivity contribution is 5.65. The van der Waals surface area contributed by atoms with E-state index in [0.29, 0.717) is 5.92 Å².